The topological polar surface area (TPSA) is 59.0 Å². The summed E-state index contributed by atoms with van der Waals surface area (Å²) in [6, 6.07) is 21.2. The molecule has 0 spiro atoms. The molecule has 0 radical (unpaired) electrons. The molecule has 1 aliphatic heterocycles. The first-order valence-electron chi connectivity index (χ1n) is 12.5. The molecule has 4 aromatic rings. The zero-order chi connectivity index (χ0) is 24.8. The van der Waals surface area contributed by atoms with Gasteiger partial charge in [0.25, 0.3) is 5.91 Å². The first-order chi connectivity index (χ1) is 16.8. The van der Waals surface area contributed by atoms with Crippen molar-refractivity contribution >= 4 is 33.1 Å². The number of carbonyl (C=O) groups excluding carboxylic acids is 1. The highest BCUT2D eigenvalue weighted by Crippen LogP contribution is 2.42. The molecule has 2 aromatic heterocycles. The van der Waals surface area contributed by atoms with E-state index in [1.807, 2.05) is 17.7 Å². The number of fused-ring (bicyclic) bond motifs is 2. The molecule has 0 bridgehead atoms. The van der Waals surface area contributed by atoms with Crippen LogP contribution in [0.5, 0.6) is 0 Å². The lowest BCUT2D eigenvalue weighted by Gasteiger charge is -2.38. The quantitative estimate of drug-likeness (QED) is 0.304. The summed E-state index contributed by atoms with van der Waals surface area (Å²) in [5.74, 6) is 0.740. The van der Waals surface area contributed by atoms with Crippen molar-refractivity contribution < 1.29 is 4.79 Å². The van der Waals surface area contributed by atoms with Gasteiger partial charge in [-0.1, -0.05) is 62.4 Å². The van der Waals surface area contributed by atoms with Crippen LogP contribution >= 0.6 is 11.3 Å². The van der Waals surface area contributed by atoms with E-state index in [2.05, 4.69) is 92.9 Å². The SMILES string of the molecule is CCC(CC)(NC(=O)c1c(C)nn2c1NC(c1ccccc1)CC2(C)C)c1cc2ccccc2s1. The number of thiophene rings is 1. The number of nitrogens with one attached hydrogen (secondary N) is 2. The number of anilines is 1. The van der Waals surface area contributed by atoms with Crippen LogP contribution in [0.2, 0.25) is 0 Å². The van der Waals surface area contributed by atoms with Gasteiger partial charge in [-0.15, -0.1) is 11.3 Å². The van der Waals surface area contributed by atoms with E-state index in [-0.39, 0.29) is 17.5 Å². The molecule has 1 amide bonds. The maximum Gasteiger partial charge on any atom is 0.257 e. The van der Waals surface area contributed by atoms with Gasteiger partial charge < -0.3 is 10.6 Å². The third kappa shape index (κ3) is 4.04. The summed E-state index contributed by atoms with van der Waals surface area (Å²) >= 11 is 1.77. The van der Waals surface area contributed by atoms with E-state index in [1.54, 1.807) is 11.3 Å². The van der Waals surface area contributed by atoms with Crippen molar-refractivity contribution in [2.24, 2.45) is 0 Å². The van der Waals surface area contributed by atoms with Crippen LogP contribution in [0.15, 0.2) is 60.7 Å². The van der Waals surface area contributed by atoms with E-state index in [9.17, 15) is 4.79 Å². The van der Waals surface area contributed by atoms with Crippen LogP contribution < -0.4 is 10.6 Å². The molecular formula is C29H34N4OS. The fourth-order valence-corrected chi connectivity index (χ4v) is 6.74. The fraction of sp³-hybridized carbons (Fsp3) is 0.379. The third-order valence-electron chi connectivity index (χ3n) is 7.53. The second-order valence-corrected chi connectivity index (χ2v) is 11.3. The van der Waals surface area contributed by atoms with Gasteiger partial charge in [0.05, 0.1) is 22.8 Å². The van der Waals surface area contributed by atoms with Crippen LogP contribution in [0.1, 0.15) is 79.5 Å². The zero-order valence-corrected chi connectivity index (χ0v) is 22.0. The number of hydrogen-bond acceptors (Lipinski definition) is 4. The van der Waals surface area contributed by atoms with Crippen LogP contribution in [0.25, 0.3) is 10.1 Å². The highest BCUT2D eigenvalue weighted by atomic mass is 32.1. The van der Waals surface area contributed by atoms with Crippen LogP contribution in [-0.4, -0.2) is 15.7 Å². The molecule has 0 saturated carbocycles. The monoisotopic (exact) mass is 486 g/mol. The van der Waals surface area contributed by atoms with Crippen LogP contribution in [0, 0.1) is 6.92 Å². The molecule has 2 aromatic carbocycles. The molecule has 35 heavy (non-hydrogen) atoms. The van der Waals surface area contributed by atoms with Crippen molar-refractivity contribution in [2.45, 2.75) is 71.0 Å². The van der Waals surface area contributed by atoms with Gasteiger partial charge in [0.1, 0.15) is 11.4 Å². The van der Waals surface area contributed by atoms with E-state index in [0.717, 1.165) is 30.8 Å². The maximum atomic E-state index is 14.0. The average molecular weight is 487 g/mol. The molecule has 1 atom stereocenters. The summed E-state index contributed by atoms with van der Waals surface area (Å²) in [5.41, 5.74) is 1.97. The number of carbonyl (C=O) groups is 1. The normalized spacial score (nSPS) is 17.1. The summed E-state index contributed by atoms with van der Waals surface area (Å²) < 4.78 is 3.26. The minimum Gasteiger partial charge on any atom is -0.363 e. The smallest absolute Gasteiger partial charge is 0.257 e. The molecule has 182 valence electrons. The Hall–Kier alpha value is -3.12. The Balaban J connectivity index is 1.53. The number of aromatic nitrogens is 2. The lowest BCUT2D eigenvalue weighted by molar-refractivity contribution is 0.0891. The molecule has 3 heterocycles. The Morgan fingerprint density at radius 2 is 1.83 bits per heavy atom. The van der Waals surface area contributed by atoms with E-state index in [1.165, 1.54) is 20.5 Å². The van der Waals surface area contributed by atoms with Crippen LogP contribution in [-0.2, 0) is 11.1 Å². The second-order valence-electron chi connectivity index (χ2n) is 10.2. The summed E-state index contributed by atoms with van der Waals surface area (Å²) in [6.45, 7) is 10.6. The molecule has 1 aliphatic rings. The lowest BCUT2D eigenvalue weighted by atomic mass is 9.88. The van der Waals surface area contributed by atoms with Crippen molar-refractivity contribution in [1.29, 1.82) is 0 Å². The molecule has 6 heteroatoms. The Kier molecular flexibility index (Phi) is 5.96. The van der Waals surface area contributed by atoms with Crippen molar-refractivity contribution in [3.05, 3.63) is 82.4 Å². The van der Waals surface area contributed by atoms with E-state index < -0.39 is 5.54 Å². The Bertz CT molecular complexity index is 1330. The highest BCUT2D eigenvalue weighted by Gasteiger charge is 2.40. The van der Waals surface area contributed by atoms with Crippen molar-refractivity contribution in [2.75, 3.05) is 5.32 Å². The number of nitrogens with zero attached hydrogens (tertiary/aromatic N) is 2. The van der Waals surface area contributed by atoms with Crippen LogP contribution in [0.3, 0.4) is 0 Å². The van der Waals surface area contributed by atoms with Gasteiger partial charge in [-0.2, -0.15) is 5.10 Å². The largest absolute Gasteiger partial charge is 0.363 e. The number of amides is 1. The molecule has 0 aliphatic carbocycles. The standard InChI is InChI=1S/C29H34N4OS/c1-6-29(7-2,24-17-21-15-11-12-16-23(21)35-24)31-27(34)25-19(3)32-33-26(25)30-22(18-28(33,4)5)20-13-9-8-10-14-20/h8-17,22,30H,6-7,18H2,1-5H3,(H,31,34). The number of aryl methyl sites for hydroxylation is 1. The number of rotatable bonds is 6. The highest BCUT2D eigenvalue weighted by molar-refractivity contribution is 7.19. The van der Waals surface area contributed by atoms with Gasteiger partial charge >= 0.3 is 0 Å². The third-order valence-corrected chi connectivity index (χ3v) is 8.85. The molecule has 0 saturated heterocycles. The second kappa shape index (κ2) is 8.83. The summed E-state index contributed by atoms with van der Waals surface area (Å²) in [7, 11) is 0. The predicted octanol–water partition coefficient (Wildman–Crippen LogP) is 7.14. The first kappa shape index (κ1) is 23.6. The first-order valence-corrected chi connectivity index (χ1v) is 13.3. The van der Waals surface area contributed by atoms with Gasteiger partial charge in [0.2, 0.25) is 0 Å². The summed E-state index contributed by atoms with van der Waals surface area (Å²) in [4.78, 5) is 15.2. The number of hydrogen-bond donors (Lipinski definition) is 2. The minimum absolute atomic E-state index is 0.0677. The molecule has 0 fully saturated rings. The molecular weight excluding hydrogens is 452 g/mol. The van der Waals surface area contributed by atoms with Crippen molar-refractivity contribution in [3.63, 3.8) is 0 Å². The average Bonchev–Trinajstić information content (AvgIpc) is 3.44. The van der Waals surface area contributed by atoms with Gasteiger partial charge in [-0.25, -0.2) is 4.68 Å². The van der Waals surface area contributed by atoms with Crippen LogP contribution in [0.4, 0.5) is 5.82 Å². The van der Waals surface area contributed by atoms with Gasteiger partial charge in [-0.05, 0) is 63.1 Å². The fourth-order valence-electron chi connectivity index (χ4n) is 5.39. The van der Waals surface area contributed by atoms with Gasteiger partial charge in [0.15, 0.2) is 0 Å². The summed E-state index contributed by atoms with van der Waals surface area (Å²) in [6.07, 6.45) is 2.52. The van der Waals surface area contributed by atoms with Gasteiger partial charge in [-0.3, -0.25) is 4.79 Å². The van der Waals surface area contributed by atoms with E-state index in [0.29, 0.717) is 5.56 Å². The lowest BCUT2D eigenvalue weighted by Crippen LogP contribution is -2.45. The minimum atomic E-state index is -0.426. The van der Waals surface area contributed by atoms with E-state index >= 15 is 0 Å². The Morgan fingerprint density at radius 3 is 2.51 bits per heavy atom. The van der Waals surface area contributed by atoms with Crippen molar-refractivity contribution in [1.82, 2.24) is 15.1 Å². The van der Waals surface area contributed by atoms with E-state index in [4.69, 9.17) is 5.10 Å². The maximum absolute atomic E-state index is 14.0. The Labute approximate surface area is 211 Å². The summed E-state index contributed by atoms with van der Waals surface area (Å²) in [5, 5.41) is 13.2. The van der Waals surface area contributed by atoms with Crippen molar-refractivity contribution in [3.8, 4) is 0 Å². The molecule has 2 N–H and O–H groups in total. The van der Waals surface area contributed by atoms with Gasteiger partial charge in [0, 0.05) is 9.58 Å². The Morgan fingerprint density at radius 1 is 1.14 bits per heavy atom. The molecule has 5 nitrogen and oxygen atoms in total. The predicted molar refractivity (Wildman–Crippen MR) is 145 cm³/mol. The number of benzene rings is 2. The molecule has 1 unspecified atom stereocenters. The zero-order valence-electron chi connectivity index (χ0n) is 21.2. The molecule has 5 rings (SSSR count).